The fourth-order valence-corrected chi connectivity index (χ4v) is 1.59. The smallest absolute Gasteiger partial charge is 0.335 e. The lowest BCUT2D eigenvalue weighted by molar-refractivity contribution is 0.0686. The van der Waals surface area contributed by atoms with Crippen LogP contribution in [0.25, 0.3) is 0 Å². The number of phenolic OH excluding ortho intramolecular Hbond substituents is 2. The molecule has 2 rings (SSSR count). The van der Waals surface area contributed by atoms with E-state index in [1.807, 2.05) is 0 Å². The number of aromatic carboxylic acids is 2. The maximum Gasteiger partial charge on any atom is 0.335 e. The van der Waals surface area contributed by atoms with Crippen molar-refractivity contribution in [3.05, 3.63) is 47.5 Å². The Morgan fingerprint density at radius 2 is 1.09 bits per heavy atom. The third-order valence-corrected chi connectivity index (χ3v) is 2.71. The highest BCUT2D eigenvalue weighted by atomic mass is 16.4. The minimum absolute atomic E-state index is 0.00621. The van der Waals surface area contributed by atoms with Gasteiger partial charge < -0.3 is 20.4 Å². The van der Waals surface area contributed by atoms with Crippen LogP contribution in [0.5, 0.6) is 11.5 Å². The summed E-state index contributed by atoms with van der Waals surface area (Å²) in [5.74, 6) is -3.16. The van der Waals surface area contributed by atoms with Crippen LogP contribution in [0.15, 0.2) is 46.6 Å². The van der Waals surface area contributed by atoms with Gasteiger partial charge in [0.15, 0.2) is 0 Å². The van der Waals surface area contributed by atoms with E-state index in [0.29, 0.717) is 0 Å². The van der Waals surface area contributed by atoms with Gasteiger partial charge in [0, 0.05) is 0 Å². The van der Waals surface area contributed by atoms with Crippen LogP contribution in [-0.2, 0) is 0 Å². The third-order valence-electron chi connectivity index (χ3n) is 2.71. The summed E-state index contributed by atoms with van der Waals surface area (Å²) in [6.07, 6.45) is 0. The molecule has 0 saturated heterocycles. The van der Waals surface area contributed by atoms with E-state index in [-0.39, 0.29) is 34.0 Å². The number of benzene rings is 2. The fraction of sp³-hybridized carbons (Fsp3) is 0. The summed E-state index contributed by atoms with van der Waals surface area (Å²) in [5, 5.41) is 44.2. The summed E-state index contributed by atoms with van der Waals surface area (Å²) in [6, 6.07) is 7.03. The van der Waals surface area contributed by atoms with Crippen molar-refractivity contribution in [2.24, 2.45) is 10.2 Å². The van der Waals surface area contributed by atoms with E-state index >= 15 is 0 Å². The Kier molecular flexibility index (Phi) is 4.03. The number of hydrogen-bond donors (Lipinski definition) is 4. The molecule has 8 heteroatoms. The van der Waals surface area contributed by atoms with Crippen LogP contribution in [0.3, 0.4) is 0 Å². The number of nitrogens with zero attached hydrogens (tertiary/aromatic N) is 2. The van der Waals surface area contributed by atoms with Crippen molar-refractivity contribution in [1.82, 2.24) is 0 Å². The van der Waals surface area contributed by atoms with Crippen LogP contribution in [0.4, 0.5) is 11.4 Å². The van der Waals surface area contributed by atoms with E-state index in [1.54, 1.807) is 0 Å². The van der Waals surface area contributed by atoms with Crippen LogP contribution in [-0.4, -0.2) is 32.4 Å². The molecule has 0 bridgehead atoms. The van der Waals surface area contributed by atoms with Crippen LogP contribution in [0.2, 0.25) is 0 Å². The normalized spacial score (nSPS) is 10.7. The Hall–Kier alpha value is -3.42. The quantitative estimate of drug-likeness (QED) is 0.640. The van der Waals surface area contributed by atoms with Gasteiger partial charge in [0.25, 0.3) is 0 Å². The number of phenols is 2. The second-order valence-electron chi connectivity index (χ2n) is 4.22. The van der Waals surface area contributed by atoms with Gasteiger partial charge in [-0.3, -0.25) is 0 Å². The molecule has 0 aliphatic heterocycles. The van der Waals surface area contributed by atoms with Gasteiger partial charge in [0.2, 0.25) is 0 Å². The molecule has 0 aromatic heterocycles. The summed E-state index contributed by atoms with van der Waals surface area (Å²) in [4.78, 5) is 21.5. The lowest BCUT2D eigenvalue weighted by atomic mass is 10.2. The molecule has 8 nitrogen and oxygen atoms in total. The average Bonchev–Trinajstić information content (AvgIpc) is 2.46. The maximum absolute atomic E-state index is 10.7. The summed E-state index contributed by atoms with van der Waals surface area (Å²) < 4.78 is 0. The zero-order valence-electron chi connectivity index (χ0n) is 11.0. The SMILES string of the molecule is O=C(O)c1ccc(N=Nc2ccc(C(=O)O)cc2O)c(O)c1. The number of carbonyl (C=O) groups is 2. The van der Waals surface area contributed by atoms with Gasteiger partial charge in [-0.25, -0.2) is 9.59 Å². The van der Waals surface area contributed by atoms with Crippen molar-refractivity contribution >= 4 is 23.3 Å². The first-order valence-electron chi connectivity index (χ1n) is 5.93. The molecule has 0 spiro atoms. The maximum atomic E-state index is 10.7. The number of aromatic hydroxyl groups is 2. The van der Waals surface area contributed by atoms with Gasteiger partial charge in [0.1, 0.15) is 22.9 Å². The van der Waals surface area contributed by atoms with Gasteiger partial charge in [0.05, 0.1) is 11.1 Å². The molecule has 2 aromatic rings. The predicted octanol–water partition coefficient (Wildman–Crippen LogP) is 2.91. The van der Waals surface area contributed by atoms with E-state index < -0.39 is 11.9 Å². The highest BCUT2D eigenvalue weighted by molar-refractivity contribution is 5.89. The van der Waals surface area contributed by atoms with Crippen LogP contribution >= 0.6 is 0 Å². The Morgan fingerprint density at radius 1 is 0.727 bits per heavy atom. The number of azo groups is 1. The van der Waals surface area contributed by atoms with E-state index in [9.17, 15) is 19.8 Å². The van der Waals surface area contributed by atoms with E-state index in [0.717, 1.165) is 12.1 Å². The Bertz CT molecular complexity index is 719. The highest BCUT2D eigenvalue weighted by Gasteiger charge is 2.09. The monoisotopic (exact) mass is 302 g/mol. The molecule has 0 radical (unpaired) electrons. The number of hydrogen-bond acceptors (Lipinski definition) is 6. The lowest BCUT2D eigenvalue weighted by Gasteiger charge is -2.01. The van der Waals surface area contributed by atoms with Crippen LogP contribution < -0.4 is 0 Å². The summed E-state index contributed by atoms with van der Waals surface area (Å²) in [6.45, 7) is 0. The number of rotatable bonds is 4. The first kappa shape index (κ1) is 15.0. The zero-order chi connectivity index (χ0) is 16.3. The van der Waals surface area contributed by atoms with Crippen LogP contribution in [0.1, 0.15) is 20.7 Å². The fourth-order valence-electron chi connectivity index (χ4n) is 1.59. The molecule has 22 heavy (non-hydrogen) atoms. The van der Waals surface area contributed by atoms with Gasteiger partial charge in [-0.15, -0.1) is 10.2 Å². The molecule has 0 atom stereocenters. The van der Waals surface area contributed by atoms with Gasteiger partial charge in [-0.05, 0) is 36.4 Å². The van der Waals surface area contributed by atoms with Gasteiger partial charge in [-0.2, -0.15) is 0 Å². The van der Waals surface area contributed by atoms with Crippen molar-refractivity contribution in [1.29, 1.82) is 0 Å². The van der Waals surface area contributed by atoms with Crippen molar-refractivity contribution in [3.8, 4) is 11.5 Å². The topological polar surface area (TPSA) is 140 Å². The second kappa shape index (κ2) is 5.92. The molecular weight excluding hydrogens is 292 g/mol. The molecule has 0 aliphatic rings. The molecule has 2 aromatic carbocycles. The first-order valence-corrected chi connectivity index (χ1v) is 5.93. The molecule has 0 saturated carbocycles. The largest absolute Gasteiger partial charge is 0.506 e. The third kappa shape index (κ3) is 3.18. The summed E-state index contributed by atoms with van der Waals surface area (Å²) in [5.41, 5.74) is -0.200. The molecular formula is C14H10N2O6. The Morgan fingerprint density at radius 3 is 1.36 bits per heavy atom. The lowest BCUT2D eigenvalue weighted by Crippen LogP contribution is -1.94. The molecule has 112 valence electrons. The number of carboxylic acids is 2. The molecule has 4 N–H and O–H groups in total. The van der Waals surface area contributed by atoms with Crippen molar-refractivity contribution in [2.75, 3.05) is 0 Å². The minimum Gasteiger partial charge on any atom is -0.506 e. The summed E-state index contributed by atoms with van der Waals surface area (Å²) in [7, 11) is 0. The van der Waals surface area contributed by atoms with Gasteiger partial charge >= 0.3 is 11.9 Å². The van der Waals surface area contributed by atoms with Crippen LogP contribution in [0, 0.1) is 0 Å². The highest BCUT2D eigenvalue weighted by Crippen LogP contribution is 2.32. The van der Waals surface area contributed by atoms with Crippen molar-refractivity contribution in [2.45, 2.75) is 0 Å². The molecule has 0 unspecified atom stereocenters. The molecule has 0 aliphatic carbocycles. The molecule has 0 heterocycles. The standard InChI is InChI=1S/C14H10N2O6/c17-11-5-7(13(19)20)1-3-9(11)15-16-10-4-2-8(14(21)22)6-12(10)18/h1-6,17-18H,(H,19,20)(H,21,22). The van der Waals surface area contributed by atoms with Crippen molar-refractivity contribution in [3.63, 3.8) is 0 Å². The van der Waals surface area contributed by atoms with Gasteiger partial charge in [-0.1, -0.05) is 0 Å². The van der Waals surface area contributed by atoms with E-state index in [2.05, 4.69) is 10.2 Å². The van der Waals surface area contributed by atoms with Crippen molar-refractivity contribution < 1.29 is 30.0 Å². The van der Waals surface area contributed by atoms with E-state index in [1.165, 1.54) is 24.3 Å². The second-order valence-corrected chi connectivity index (χ2v) is 4.22. The summed E-state index contributed by atoms with van der Waals surface area (Å²) >= 11 is 0. The Labute approximate surface area is 123 Å². The molecule has 0 fully saturated rings. The number of carboxylic acid groups (broad SMARTS) is 2. The zero-order valence-corrected chi connectivity index (χ0v) is 11.0. The van der Waals surface area contributed by atoms with E-state index in [4.69, 9.17) is 10.2 Å². The minimum atomic E-state index is -1.19. The average molecular weight is 302 g/mol. The predicted molar refractivity (Wildman–Crippen MR) is 74.3 cm³/mol. The molecule has 0 amide bonds. The first-order chi connectivity index (χ1) is 10.4. The Balaban J connectivity index is 2.29.